The molecule has 0 bridgehead atoms. The lowest BCUT2D eigenvalue weighted by Gasteiger charge is -2.38. The van der Waals surface area contributed by atoms with E-state index in [4.69, 9.17) is 10.6 Å². The Balaban J connectivity index is 2.18. The molecule has 0 aliphatic heterocycles. The van der Waals surface area contributed by atoms with Gasteiger partial charge in [-0.1, -0.05) is 20.8 Å². The number of aromatic nitrogens is 1. The molecule has 0 aromatic carbocycles. The van der Waals surface area contributed by atoms with Crippen molar-refractivity contribution in [3.63, 3.8) is 0 Å². The van der Waals surface area contributed by atoms with Crippen LogP contribution < -0.4 is 16.0 Å². The van der Waals surface area contributed by atoms with E-state index in [0.29, 0.717) is 5.92 Å². The smallest absolute Gasteiger partial charge is 0.278 e. The number of pyridine rings is 1. The normalized spacial score (nSPS) is 24.4. The molecule has 0 spiro atoms. The van der Waals surface area contributed by atoms with Gasteiger partial charge in [-0.15, -0.1) is 0 Å². The van der Waals surface area contributed by atoms with Crippen molar-refractivity contribution in [2.75, 3.05) is 5.43 Å². The molecular formula is C14H22N4O3. The second kappa shape index (κ2) is 5.85. The number of nitrogens with one attached hydrogen (secondary N) is 1. The number of rotatable bonds is 4. The summed E-state index contributed by atoms with van der Waals surface area (Å²) in [6.45, 7) is 6.63. The molecule has 0 amide bonds. The Morgan fingerprint density at radius 3 is 2.76 bits per heavy atom. The summed E-state index contributed by atoms with van der Waals surface area (Å²) < 4.78 is 5.88. The van der Waals surface area contributed by atoms with E-state index >= 15 is 0 Å². The van der Waals surface area contributed by atoms with E-state index in [2.05, 4.69) is 31.2 Å². The molecule has 7 nitrogen and oxygen atoms in total. The van der Waals surface area contributed by atoms with Crippen molar-refractivity contribution in [3.05, 3.63) is 22.2 Å². The molecular weight excluding hydrogens is 272 g/mol. The number of hydrazine groups is 1. The molecule has 7 heteroatoms. The van der Waals surface area contributed by atoms with Crippen LogP contribution in [0, 0.1) is 21.4 Å². The van der Waals surface area contributed by atoms with Gasteiger partial charge in [0.25, 0.3) is 5.69 Å². The standard InChI is InChI=1S/C14H22N4O3/c1-9-4-11(8-14(2,3)7-9)21-13-6-10(18(19)20)5-12(16-13)17-15/h5-6,9,11H,4,7-8,15H2,1-3H3,(H,16,17). The molecule has 0 radical (unpaired) electrons. The van der Waals surface area contributed by atoms with Crippen molar-refractivity contribution in [2.24, 2.45) is 17.2 Å². The summed E-state index contributed by atoms with van der Waals surface area (Å²) >= 11 is 0. The van der Waals surface area contributed by atoms with E-state index in [1.165, 1.54) is 12.1 Å². The van der Waals surface area contributed by atoms with Gasteiger partial charge < -0.3 is 10.2 Å². The summed E-state index contributed by atoms with van der Waals surface area (Å²) in [7, 11) is 0. The summed E-state index contributed by atoms with van der Waals surface area (Å²) in [5.74, 6) is 6.32. The average Bonchev–Trinajstić information content (AvgIpc) is 2.35. The molecule has 2 unspecified atom stereocenters. The Morgan fingerprint density at radius 1 is 1.48 bits per heavy atom. The summed E-state index contributed by atoms with van der Waals surface area (Å²) in [5.41, 5.74) is 2.45. The van der Waals surface area contributed by atoms with Gasteiger partial charge in [0, 0.05) is 0 Å². The summed E-state index contributed by atoms with van der Waals surface area (Å²) in [6.07, 6.45) is 3.01. The van der Waals surface area contributed by atoms with Gasteiger partial charge in [0.05, 0.1) is 17.1 Å². The van der Waals surface area contributed by atoms with Gasteiger partial charge in [-0.25, -0.2) is 5.84 Å². The minimum absolute atomic E-state index is 0.0175. The van der Waals surface area contributed by atoms with E-state index in [9.17, 15) is 10.1 Å². The molecule has 21 heavy (non-hydrogen) atoms. The molecule has 116 valence electrons. The SMILES string of the molecule is CC1CC(Oc2cc([N+](=O)[O-])cc(NN)n2)CC(C)(C)C1. The first-order chi connectivity index (χ1) is 9.79. The van der Waals surface area contributed by atoms with E-state index in [0.717, 1.165) is 19.3 Å². The van der Waals surface area contributed by atoms with Crippen LogP contribution in [0.1, 0.15) is 40.0 Å². The maximum absolute atomic E-state index is 10.9. The molecule has 2 rings (SSSR count). The zero-order valence-corrected chi connectivity index (χ0v) is 12.6. The summed E-state index contributed by atoms with van der Waals surface area (Å²) in [4.78, 5) is 14.6. The van der Waals surface area contributed by atoms with Crippen molar-refractivity contribution < 1.29 is 9.66 Å². The molecule has 1 fully saturated rings. The minimum atomic E-state index is -0.483. The highest BCUT2D eigenvalue weighted by molar-refractivity contribution is 5.47. The second-order valence-electron chi connectivity index (χ2n) is 6.60. The number of nitro groups is 1. The lowest BCUT2D eigenvalue weighted by atomic mass is 9.71. The van der Waals surface area contributed by atoms with Crippen molar-refractivity contribution in [1.82, 2.24) is 4.98 Å². The van der Waals surface area contributed by atoms with Crippen LogP contribution in [0.5, 0.6) is 5.88 Å². The number of hydrogen-bond acceptors (Lipinski definition) is 6. The van der Waals surface area contributed by atoms with Gasteiger partial charge in [-0.2, -0.15) is 4.98 Å². The van der Waals surface area contributed by atoms with Crippen LogP contribution in [0.4, 0.5) is 11.5 Å². The van der Waals surface area contributed by atoms with Crippen LogP contribution in [-0.2, 0) is 0 Å². The number of hydrogen-bond donors (Lipinski definition) is 2. The fraction of sp³-hybridized carbons (Fsp3) is 0.643. The second-order valence-corrected chi connectivity index (χ2v) is 6.60. The van der Waals surface area contributed by atoms with E-state index < -0.39 is 4.92 Å². The van der Waals surface area contributed by atoms with Gasteiger partial charge in [0.1, 0.15) is 6.10 Å². The Bertz CT molecular complexity index is 533. The van der Waals surface area contributed by atoms with Crippen molar-refractivity contribution in [2.45, 2.75) is 46.1 Å². The van der Waals surface area contributed by atoms with Crippen molar-refractivity contribution in [3.8, 4) is 5.88 Å². The number of anilines is 1. The van der Waals surface area contributed by atoms with E-state index in [1.54, 1.807) is 0 Å². The molecule has 1 saturated carbocycles. The Hall–Kier alpha value is -1.89. The van der Waals surface area contributed by atoms with Crippen molar-refractivity contribution >= 4 is 11.5 Å². The Morgan fingerprint density at radius 2 is 2.19 bits per heavy atom. The molecule has 0 saturated heterocycles. The first-order valence-corrected chi connectivity index (χ1v) is 7.09. The molecule has 1 aromatic rings. The van der Waals surface area contributed by atoms with E-state index in [-0.39, 0.29) is 28.9 Å². The van der Waals surface area contributed by atoms with Crippen LogP contribution in [0.2, 0.25) is 0 Å². The number of nitrogens with two attached hydrogens (primary N) is 1. The van der Waals surface area contributed by atoms with Crippen molar-refractivity contribution in [1.29, 1.82) is 0 Å². The Kier molecular flexibility index (Phi) is 4.32. The highest BCUT2D eigenvalue weighted by atomic mass is 16.6. The predicted molar refractivity (Wildman–Crippen MR) is 79.9 cm³/mol. The fourth-order valence-electron chi connectivity index (χ4n) is 3.25. The van der Waals surface area contributed by atoms with Gasteiger partial charge in [-0.3, -0.25) is 10.1 Å². The van der Waals surface area contributed by atoms with Crippen LogP contribution >= 0.6 is 0 Å². The average molecular weight is 294 g/mol. The Labute approximate surface area is 124 Å². The number of nitrogen functional groups attached to an aromatic ring is 1. The van der Waals surface area contributed by atoms with Crippen LogP contribution in [0.25, 0.3) is 0 Å². The van der Waals surface area contributed by atoms with Crippen LogP contribution in [0.3, 0.4) is 0 Å². The molecule has 1 aromatic heterocycles. The van der Waals surface area contributed by atoms with E-state index in [1.807, 2.05) is 0 Å². The molecule has 1 heterocycles. The number of ether oxygens (including phenoxy) is 1. The lowest BCUT2D eigenvalue weighted by Crippen LogP contribution is -2.34. The first-order valence-electron chi connectivity index (χ1n) is 7.09. The minimum Gasteiger partial charge on any atom is -0.474 e. The van der Waals surface area contributed by atoms with Gasteiger partial charge in [0.2, 0.25) is 5.88 Å². The third-order valence-electron chi connectivity index (χ3n) is 3.78. The molecule has 1 aliphatic carbocycles. The quantitative estimate of drug-likeness (QED) is 0.503. The maximum Gasteiger partial charge on any atom is 0.278 e. The maximum atomic E-state index is 10.9. The van der Waals surface area contributed by atoms with Crippen LogP contribution in [-0.4, -0.2) is 16.0 Å². The largest absolute Gasteiger partial charge is 0.474 e. The zero-order valence-electron chi connectivity index (χ0n) is 12.6. The number of nitrogens with zero attached hydrogens (tertiary/aromatic N) is 2. The zero-order chi connectivity index (χ0) is 15.6. The highest BCUT2D eigenvalue weighted by Crippen LogP contribution is 2.40. The third kappa shape index (κ3) is 4.04. The molecule has 2 atom stereocenters. The predicted octanol–water partition coefficient (Wildman–Crippen LogP) is 2.87. The third-order valence-corrected chi connectivity index (χ3v) is 3.78. The van der Waals surface area contributed by atoms with Gasteiger partial charge in [0.15, 0.2) is 5.82 Å². The monoisotopic (exact) mass is 294 g/mol. The lowest BCUT2D eigenvalue weighted by molar-refractivity contribution is -0.384. The first kappa shape index (κ1) is 15.5. The topological polar surface area (TPSA) is 103 Å². The molecule has 1 aliphatic rings. The van der Waals surface area contributed by atoms with Gasteiger partial charge in [-0.05, 0) is 30.6 Å². The van der Waals surface area contributed by atoms with Crippen LogP contribution in [0.15, 0.2) is 12.1 Å². The molecule has 3 N–H and O–H groups in total. The highest BCUT2D eigenvalue weighted by Gasteiger charge is 2.33. The summed E-state index contributed by atoms with van der Waals surface area (Å²) in [5, 5.41) is 10.9. The fourth-order valence-corrected chi connectivity index (χ4v) is 3.25. The summed E-state index contributed by atoms with van der Waals surface area (Å²) in [6, 6.07) is 2.62. The van der Waals surface area contributed by atoms with Gasteiger partial charge >= 0.3 is 0 Å².